The standard InChI is InChI=1S/C19H24N2O/c1-6-16(4)20-11-10-14(2)12-15(3)18-8-7-9-19(13-18)21-17(5)22/h6-9,11-13H,2,10H2,1,3-5H3,(H,21,22)/b15-12+,16-6-,20-11-. The second-order valence-electron chi connectivity index (χ2n) is 5.19. The van der Waals surface area contributed by atoms with Crippen LogP contribution in [-0.2, 0) is 4.79 Å². The molecule has 0 fully saturated rings. The van der Waals surface area contributed by atoms with Crippen LogP contribution in [0.5, 0.6) is 0 Å². The predicted molar refractivity (Wildman–Crippen MR) is 96.1 cm³/mol. The molecule has 0 saturated carbocycles. The number of aliphatic imine (C=N–C) groups is 1. The van der Waals surface area contributed by atoms with E-state index in [4.69, 9.17) is 0 Å². The number of nitrogens with zero attached hydrogens (tertiary/aromatic N) is 1. The molecule has 1 aromatic rings. The Kier molecular flexibility index (Phi) is 7.03. The number of hydrogen-bond acceptors (Lipinski definition) is 2. The summed E-state index contributed by atoms with van der Waals surface area (Å²) in [5, 5.41) is 2.79. The van der Waals surface area contributed by atoms with Crippen molar-refractivity contribution in [3.05, 3.63) is 59.8 Å². The zero-order valence-corrected chi connectivity index (χ0v) is 13.8. The van der Waals surface area contributed by atoms with E-state index in [1.54, 1.807) is 0 Å². The number of anilines is 1. The van der Waals surface area contributed by atoms with E-state index in [0.717, 1.165) is 28.1 Å². The molecule has 1 N–H and O–H groups in total. The molecule has 0 bridgehead atoms. The van der Waals surface area contributed by atoms with Crippen molar-refractivity contribution < 1.29 is 4.79 Å². The molecule has 1 rings (SSSR count). The van der Waals surface area contributed by atoms with Crippen molar-refractivity contribution >= 4 is 23.4 Å². The summed E-state index contributed by atoms with van der Waals surface area (Å²) in [6.45, 7) is 11.5. The summed E-state index contributed by atoms with van der Waals surface area (Å²) in [4.78, 5) is 15.4. The zero-order valence-electron chi connectivity index (χ0n) is 13.8. The van der Waals surface area contributed by atoms with Gasteiger partial charge in [-0.1, -0.05) is 30.9 Å². The number of carbonyl (C=O) groups excluding carboxylic acids is 1. The Morgan fingerprint density at radius 3 is 2.68 bits per heavy atom. The minimum Gasteiger partial charge on any atom is -0.326 e. The van der Waals surface area contributed by atoms with Gasteiger partial charge in [-0.25, -0.2) is 0 Å². The van der Waals surface area contributed by atoms with E-state index in [1.165, 1.54) is 6.92 Å². The van der Waals surface area contributed by atoms with E-state index in [2.05, 4.69) is 16.9 Å². The highest BCUT2D eigenvalue weighted by Gasteiger charge is 2.00. The fourth-order valence-corrected chi connectivity index (χ4v) is 1.88. The summed E-state index contributed by atoms with van der Waals surface area (Å²) >= 11 is 0. The van der Waals surface area contributed by atoms with Crippen LogP contribution in [-0.4, -0.2) is 12.1 Å². The fourth-order valence-electron chi connectivity index (χ4n) is 1.88. The largest absolute Gasteiger partial charge is 0.326 e. The van der Waals surface area contributed by atoms with Crippen LogP contribution in [0.1, 0.15) is 39.7 Å². The Morgan fingerprint density at radius 2 is 2.05 bits per heavy atom. The lowest BCUT2D eigenvalue weighted by Gasteiger charge is -2.07. The number of nitrogens with one attached hydrogen (secondary N) is 1. The number of carbonyl (C=O) groups is 1. The van der Waals surface area contributed by atoms with E-state index in [-0.39, 0.29) is 5.91 Å². The van der Waals surface area contributed by atoms with Gasteiger partial charge in [-0.15, -0.1) is 0 Å². The summed E-state index contributed by atoms with van der Waals surface area (Å²) in [5.74, 6) is -0.0706. The predicted octanol–water partition coefficient (Wildman–Crippen LogP) is 4.99. The molecule has 3 nitrogen and oxygen atoms in total. The minimum absolute atomic E-state index is 0.0706. The third-order valence-corrected chi connectivity index (χ3v) is 3.13. The molecule has 1 aromatic carbocycles. The third kappa shape index (κ3) is 6.35. The molecule has 0 aromatic heterocycles. The number of allylic oxidation sites excluding steroid dienone is 5. The maximum Gasteiger partial charge on any atom is 0.221 e. The van der Waals surface area contributed by atoms with Crippen molar-refractivity contribution in [1.82, 2.24) is 0 Å². The van der Waals surface area contributed by atoms with E-state index >= 15 is 0 Å². The molecule has 0 aliphatic carbocycles. The zero-order chi connectivity index (χ0) is 16.5. The van der Waals surface area contributed by atoms with E-state index < -0.39 is 0 Å². The first kappa shape index (κ1) is 17.6. The van der Waals surface area contributed by atoms with Crippen molar-refractivity contribution in [2.45, 2.75) is 34.1 Å². The molecular formula is C19H24N2O. The maximum atomic E-state index is 11.1. The van der Waals surface area contributed by atoms with Crippen LogP contribution < -0.4 is 5.32 Å². The lowest BCUT2D eigenvalue weighted by Crippen LogP contribution is -2.05. The molecule has 0 unspecified atom stereocenters. The second kappa shape index (κ2) is 8.78. The van der Waals surface area contributed by atoms with E-state index in [0.29, 0.717) is 6.42 Å². The van der Waals surface area contributed by atoms with Crippen LogP contribution in [0, 0.1) is 0 Å². The molecule has 0 radical (unpaired) electrons. The molecule has 0 aliphatic rings. The van der Waals surface area contributed by atoms with Gasteiger partial charge in [-0.05, 0) is 49.6 Å². The molecule has 1 amide bonds. The first-order valence-corrected chi connectivity index (χ1v) is 7.32. The van der Waals surface area contributed by atoms with Gasteiger partial charge in [0.25, 0.3) is 0 Å². The molecule has 22 heavy (non-hydrogen) atoms. The Labute approximate surface area is 133 Å². The molecule has 0 aliphatic heterocycles. The van der Waals surface area contributed by atoms with Gasteiger partial charge in [0.15, 0.2) is 0 Å². The molecule has 3 heteroatoms. The van der Waals surface area contributed by atoms with Gasteiger partial charge in [0, 0.05) is 30.9 Å². The smallest absolute Gasteiger partial charge is 0.221 e. The number of amides is 1. The first-order chi connectivity index (χ1) is 10.4. The van der Waals surface area contributed by atoms with Gasteiger partial charge in [-0.3, -0.25) is 9.79 Å². The van der Waals surface area contributed by atoms with Gasteiger partial charge in [0.1, 0.15) is 0 Å². The highest BCUT2D eigenvalue weighted by molar-refractivity contribution is 5.89. The SMILES string of the molecule is C=C(/C=C(\C)c1cccc(NC(C)=O)c1)C/C=N\C(C)=C/C. The van der Waals surface area contributed by atoms with Crippen LogP contribution in [0.3, 0.4) is 0 Å². The van der Waals surface area contributed by atoms with Crippen molar-refractivity contribution in [2.75, 3.05) is 5.32 Å². The van der Waals surface area contributed by atoms with E-state index in [9.17, 15) is 4.79 Å². The highest BCUT2D eigenvalue weighted by atomic mass is 16.1. The van der Waals surface area contributed by atoms with Gasteiger partial charge < -0.3 is 5.32 Å². The molecule has 0 saturated heterocycles. The van der Waals surface area contributed by atoms with Crippen molar-refractivity contribution in [2.24, 2.45) is 4.99 Å². The van der Waals surface area contributed by atoms with Gasteiger partial charge in [0.2, 0.25) is 5.91 Å². The second-order valence-corrected chi connectivity index (χ2v) is 5.19. The van der Waals surface area contributed by atoms with Crippen LogP contribution >= 0.6 is 0 Å². The molecule has 0 heterocycles. The van der Waals surface area contributed by atoms with Crippen LogP contribution in [0.15, 0.2) is 59.3 Å². The van der Waals surface area contributed by atoms with Crippen molar-refractivity contribution in [3.8, 4) is 0 Å². The molecule has 0 spiro atoms. The Hall–Kier alpha value is -2.42. The summed E-state index contributed by atoms with van der Waals surface area (Å²) < 4.78 is 0. The Balaban J connectivity index is 2.77. The van der Waals surface area contributed by atoms with Gasteiger partial charge >= 0.3 is 0 Å². The molecule has 116 valence electrons. The average Bonchev–Trinajstić information content (AvgIpc) is 2.46. The van der Waals surface area contributed by atoms with Crippen LogP contribution in [0.2, 0.25) is 0 Å². The first-order valence-electron chi connectivity index (χ1n) is 7.32. The summed E-state index contributed by atoms with van der Waals surface area (Å²) in [6, 6.07) is 7.78. The van der Waals surface area contributed by atoms with Crippen molar-refractivity contribution in [1.29, 1.82) is 0 Å². The minimum atomic E-state index is -0.0706. The van der Waals surface area contributed by atoms with E-state index in [1.807, 2.05) is 63.4 Å². The fraction of sp³-hybridized carbons (Fsp3) is 0.263. The van der Waals surface area contributed by atoms with Crippen LogP contribution in [0.25, 0.3) is 5.57 Å². The third-order valence-electron chi connectivity index (χ3n) is 3.13. The van der Waals surface area contributed by atoms with Gasteiger partial charge in [-0.2, -0.15) is 0 Å². The Bertz CT molecular complexity index is 637. The normalized spacial score (nSPS) is 12.5. The lowest BCUT2D eigenvalue weighted by atomic mass is 10.0. The lowest BCUT2D eigenvalue weighted by molar-refractivity contribution is -0.114. The molecule has 0 atom stereocenters. The highest BCUT2D eigenvalue weighted by Crippen LogP contribution is 2.20. The van der Waals surface area contributed by atoms with Gasteiger partial charge in [0.05, 0.1) is 0 Å². The van der Waals surface area contributed by atoms with Crippen LogP contribution in [0.4, 0.5) is 5.69 Å². The molecular weight excluding hydrogens is 272 g/mol. The Morgan fingerprint density at radius 1 is 1.32 bits per heavy atom. The summed E-state index contributed by atoms with van der Waals surface area (Å²) in [6.07, 6.45) is 6.60. The van der Waals surface area contributed by atoms with Crippen molar-refractivity contribution in [3.63, 3.8) is 0 Å². The number of benzene rings is 1. The maximum absolute atomic E-state index is 11.1. The number of hydrogen-bond donors (Lipinski definition) is 1. The number of rotatable bonds is 6. The summed E-state index contributed by atoms with van der Waals surface area (Å²) in [5.41, 5.74) is 4.96. The quantitative estimate of drug-likeness (QED) is 0.583. The monoisotopic (exact) mass is 296 g/mol. The average molecular weight is 296 g/mol. The summed E-state index contributed by atoms with van der Waals surface area (Å²) in [7, 11) is 0. The topological polar surface area (TPSA) is 41.5 Å².